The first-order valence-corrected chi connectivity index (χ1v) is 9.80. The molecule has 0 aromatic heterocycles. The van der Waals surface area contributed by atoms with Crippen LogP contribution in [0.4, 0.5) is 5.69 Å². The molecule has 29 heavy (non-hydrogen) atoms. The number of hydrogen-bond acceptors (Lipinski definition) is 4. The second kappa shape index (κ2) is 8.90. The van der Waals surface area contributed by atoms with E-state index < -0.39 is 0 Å². The van der Waals surface area contributed by atoms with Crippen molar-refractivity contribution in [1.29, 1.82) is 0 Å². The molecule has 6 nitrogen and oxygen atoms in total. The van der Waals surface area contributed by atoms with Gasteiger partial charge in [-0.2, -0.15) is 0 Å². The Morgan fingerprint density at radius 3 is 2.66 bits per heavy atom. The molecule has 1 N–H and O–H groups in total. The molecule has 1 heterocycles. The van der Waals surface area contributed by atoms with Crippen LogP contribution >= 0.6 is 0 Å². The molecule has 1 aliphatic heterocycles. The monoisotopic (exact) mass is 394 g/mol. The van der Waals surface area contributed by atoms with E-state index in [1.807, 2.05) is 12.1 Å². The van der Waals surface area contributed by atoms with E-state index in [1.165, 1.54) is 6.92 Å². The smallest absolute Gasteiger partial charge is 0.265 e. The molecule has 0 radical (unpaired) electrons. The Kier molecular flexibility index (Phi) is 6.32. The van der Waals surface area contributed by atoms with Crippen LogP contribution in [-0.4, -0.2) is 30.7 Å². The molecular formula is C23H26N2O4. The van der Waals surface area contributed by atoms with Crippen LogP contribution in [0.5, 0.6) is 5.75 Å². The highest BCUT2D eigenvalue weighted by Gasteiger charge is 2.26. The third-order valence-electron chi connectivity index (χ3n) is 4.85. The summed E-state index contributed by atoms with van der Waals surface area (Å²) in [5, 5.41) is 2.93. The first kappa shape index (κ1) is 20.6. The van der Waals surface area contributed by atoms with Gasteiger partial charge in [0.1, 0.15) is 5.75 Å². The molecule has 2 amide bonds. The molecule has 0 spiro atoms. The number of benzene rings is 2. The second-order valence-electron chi connectivity index (χ2n) is 7.65. The van der Waals surface area contributed by atoms with Crippen molar-refractivity contribution < 1.29 is 19.1 Å². The van der Waals surface area contributed by atoms with Gasteiger partial charge in [-0.1, -0.05) is 26.0 Å². The van der Waals surface area contributed by atoms with E-state index in [9.17, 15) is 14.4 Å². The Morgan fingerprint density at radius 2 is 1.93 bits per heavy atom. The van der Waals surface area contributed by atoms with Gasteiger partial charge in [0, 0.05) is 17.7 Å². The first-order chi connectivity index (χ1) is 13.8. The van der Waals surface area contributed by atoms with Gasteiger partial charge < -0.3 is 15.0 Å². The van der Waals surface area contributed by atoms with Crippen molar-refractivity contribution >= 4 is 23.3 Å². The number of hydrogen-bond donors (Lipinski definition) is 1. The average Bonchev–Trinajstić information content (AvgIpc) is 2.69. The summed E-state index contributed by atoms with van der Waals surface area (Å²) in [6.07, 6.45) is 0.920. The lowest BCUT2D eigenvalue weighted by atomic mass is 10.1. The second-order valence-corrected chi connectivity index (χ2v) is 7.65. The van der Waals surface area contributed by atoms with Gasteiger partial charge >= 0.3 is 0 Å². The summed E-state index contributed by atoms with van der Waals surface area (Å²) in [7, 11) is 0. The number of Topliss-reactive ketones (excluding diaryl/α,β-unsaturated/α-hetero) is 1. The topological polar surface area (TPSA) is 75.7 Å². The number of amides is 2. The molecule has 0 saturated carbocycles. The quantitative estimate of drug-likeness (QED) is 0.728. The third-order valence-corrected chi connectivity index (χ3v) is 4.85. The summed E-state index contributed by atoms with van der Waals surface area (Å²) in [6.45, 7) is 6.58. The molecule has 0 bridgehead atoms. The van der Waals surface area contributed by atoms with Gasteiger partial charge in [0.25, 0.3) is 11.8 Å². The van der Waals surface area contributed by atoms with E-state index in [0.29, 0.717) is 41.6 Å². The lowest BCUT2D eigenvalue weighted by Gasteiger charge is -2.30. The van der Waals surface area contributed by atoms with Crippen molar-refractivity contribution in [2.24, 2.45) is 5.92 Å². The molecule has 152 valence electrons. The predicted octanol–water partition coefficient (Wildman–Crippen LogP) is 3.59. The Labute approximate surface area is 170 Å². The number of carbonyl (C=O) groups is 3. The highest BCUT2D eigenvalue weighted by Crippen LogP contribution is 2.34. The molecule has 0 fully saturated rings. The minimum Gasteiger partial charge on any atom is -0.482 e. The molecule has 2 aromatic rings. The van der Waals surface area contributed by atoms with E-state index >= 15 is 0 Å². The van der Waals surface area contributed by atoms with Crippen LogP contribution in [0.2, 0.25) is 0 Å². The Hall–Kier alpha value is -3.15. The van der Waals surface area contributed by atoms with Crippen LogP contribution in [0.25, 0.3) is 0 Å². The van der Waals surface area contributed by atoms with E-state index in [-0.39, 0.29) is 24.2 Å². The number of nitrogens with zero attached hydrogens (tertiary/aromatic N) is 1. The van der Waals surface area contributed by atoms with E-state index in [2.05, 4.69) is 19.2 Å². The molecule has 0 aliphatic carbocycles. The number of ketones is 1. The van der Waals surface area contributed by atoms with Crippen LogP contribution in [-0.2, 0) is 11.3 Å². The Morgan fingerprint density at radius 1 is 1.14 bits per heavy atom. The maximum absolute atomic E-state index is 12.5. The average molecular weight is 394 g/mol. The van der Waals surface area contributed by atoms with Crippen molar-refractivity contribution in [3.8, 4) is 5.75 Å². The predicted molar refractivity (Wildman–Crippen MR) is 111 cm³/mol. The van der Waals surface area contributed by atoms with Crippen LogP contribution in [0.15, 0.2) is 42.5 Å². The number of carbonyl (C=O) groups excluding carboxylic acids is 3. The van der Waals surface area contributed by atoms with Gasteiger partial charge in [0.15, 0.2) is 12.4 Å². The highest BCUT2D eigenvalue weighted by atomic mass is 16.5. The molecule has 1 aliphatic rings. The molecule has 6 heteroatoms. The summed E-state index contributed by atoms with van der Waals surface area (Å²) in [6, 6.07) is 12.3. The standard InChI is InChI=1S/C23H26N2O4/c1-15(2)9-10-24-23(28)19-6-4-5-17(11-19)13-25-20-12-18(16(3)26)7-8-21(20)29-14-22(25)27/h4-8,11-12,15H,9-10,13-14H2,1-3H3,(H,24,28). The maximum Gasteiger partial charge on any atom is 0.265 e. The summed E-state index contributed by atoms with van der Waals surface area (Å²) in [5.74, 6) is 0.696. The third kappa shape index (κ3) is 5.02. The number of anilines is 1. The fourth-order valence-corrected chi connectivity index (χ4v) is 3.16. The zero-order valence-corrected chi connectivity index (χ0v) is 17.0. The zero-order chi connectivity index (χ0) is 21.0. The minimum absolute atomic E-state index is 0.0538. The Balaban J connectivity index is 1.80. The van der Waals surface area contributed by atoms with E-state index in [0.717, 1.165) is 12.0 Å². The fourth-order valence-electron chi connectivity index (χ4n) is 3.16. The van der Waals surface area contributed by atoms with Gasteiger partial charge in [0.2, 0.25) is 0 Å². The normalized spacial score (nSPS) is 13.1. The molecule has 0 atom stereocenters. The molecule has 0 saturated heterocycles. The molecule has 2 aromatic carbocycles. The summed E-state index contributed by atoms with van der Waals surface area (Å²) in [4.78, 5) is 38.2. The highest BCUT2D eigenvalue weighted by molar-refractivity contribution is 6.01. The fraction of sp³-hybridized carbons (Fsp3) is 0.348. The number of ether oxygens (including phenoxy) is 1. The van der Waals surface area contributed by atoms with Crippen molar-refractivity contribution in [2.75, 3.05) is 18.1 Å². The molecule has 0 unspecified atom stereocenters. The van der Waals surface area contributed by atoms with Crippen molar-refractivity contribution in [2.45, 2.75) is 33.7 Å². The summed E-state index contributed by atoms with van der Waals surface area (Å²) < 4.78 is 5.50. The number of rotatable bonds is 7. The largest absolute Gasteiger partial charge is 0.482 e. The van der Waals surface area contributed by atoms with Gasteiger partial charge in [-0.25, -0.2) is 0 Å². The van der Waals surface area contributed by atoms with Gasteiger partial charge in [0.05, 0.1) is 12.2 Å². The lowest BCUT2D eigenvalue weighted by molar-refractivity contribution is -0.121. The summed E-state index contributed by atoms with van der Waals surface area (Å²) in [5.41, 5.74) is 2.48. The number of nitrogens with one attached hydrogen (secondary N) is 1. The maximum atomic E-state index is 12.5. The van der Waals surface area contributed by atoms with Crippen molar-refractivity contribution in [1.82, 2.24) is 5.32 Å². The molecular weight excluding hydrogens is 368 g/mol. The van der Waals surface area contributed by atoms with E-state index in [1.54, 1.807) is 35.2 Å². The molecule has 3 rings (SSSR count). The van der Waals surface area contributed by atoms with Crippen LogP contribution in [0.3, 0.4) is 0 Å². The van der Waals surface area contributed by atoms with Gasteiger partial charge in [-0.05, 0) is 55.2 Å². The van der Waals surface area contributed by atoms with Crippen LogP contribution in [0.1, 0.15) is 53.5 Å². The zero-order valence-electron chi connectivity index (χ0n) is 17.0. The minimum atomic E-state index is -0.190. The lowest BCUT2D eigenvalue weighted by Crippen LogP contribution is -2.38. The SMILES string of the molecule is CC(=O)c1ccc2c(c1)N(Cc1cccc(C(=O)NCCC(C)C)c1)C(=O)CO2. The summed E-state index contributed by atoms with van der Waals surface area (Å²) >= 11 is 0. The Bertz CT molecular complexity index is 936. The first-order valence-electron chi connectivity index (χ1n) is 9.80. The van der Waals surface area contributed by atoms with E-state index in [4.69, 9.17) is 4.74 Å². The van der Waals surface area contributed by atoms with Crippen molar-refractivity contribution in [3.05, 3.63) is 59.2 Å². The van der Waals surface area contributed by atoms with Crippen molar-refractivity contribution in [3.63, 3.8) is 0 Å². The van der Waals surface area contributed by atoms with Gasteiger partial charge in [-0.3, -0.25) is 14.4 Å². The van der Waals surface area contributed by atoms with Crippen LogP contribution in [0, 0.1) is 5.92 Å². The number of fused-ring (bicyclic) bond motifs is 1. The van der Waals surface area contributed by atoms with Gasteiger partial charge in [-0.15, -0.1) is 0 Å². The van der Waals surface area contributed by atoms with Crippen LogP contribution < -0.4 is 15.0 Å².